The number of nitrogens with one attached hydrogen (secondary N) is 2. The van der Waals surface area contributed by atoms with Gasteiger partial charge in [-0.3, -0.25) is 0 Å². The molecule has 0 saturated carbocycles. The number of imidazole rings is 1. The van der Waals surface area contributed by atoms with Crippen LogP contribution in [-0.4, -0.2) is 19.9 Å². The predicted molar refractivity (Wildman–Crippen MR) is 88.3 cm³/mol. The average molecular weight is 289 g/mol. The lowest BCUT2D eigenvalue weighted by Gasteiger charge is -2.09. The first kappa shape index (κ1) is 12.8. The zero-order valence-corrected chi connectivity index (χ0v) is 12.2. The van der Waals surface area contributed by atoms with E-state index in [1.807, 2.05) is 12.1 Å². The van der Waals surface area contributed by atoms with Gasteiger partial charge in [0.05, 0.1) is 22.9 Å². The van der Waals surface area contributed by atoms with Crippen molar-refractivity contribution in [2.24, 2.45) is 0 Å². The fourth-order valence-corrected chi connectivity index (χ4v) is 2.55. The van der Waals surface area contributed by atoms with E-state index in [4.69, 9.17) is 0 Å². The van der Waals surface area contributed by atoms with Crippen molar-refractivity contribution in [2.75, 3.05) is 5.32 Å². The minimum Gasteiger partial charge on any atom is -0.345 e. The van der Waals surface area contributed by atoms with Crippen molar-refractivity contribution in [3.05, 3.63) is 54.6 Å². The van der Waals surface area contributed by atoms with Crippen LogP contribution in [0.15, 0.2) is 49.1 Å². The zero-order valence-electron chi connectivity index (χ0n) is 12.2. The summed E-state index contributed by atoms with van der Waals surface area (Å²) >= 11 is 0. The Morgan fingerprint density at radius 2 is 1.86 bits per heavy atom. The van der Waals surface area contributed by atoms with E-state index in [1.54, 1.807) is 12.7 Å². The summed E-state index contributed by atoms with van der Waals surface area (Å²) < 4.78 is 0. The zero-order chi connectivity index (χ0) is 14.9. The van der Waals surface area contributed by atoms with Gasteiger partial charge in [-0.1, -0.05) is 19.1 Å². The minimum absolute atomic E-state index is 0.797. The highest BCUT2D eigenvalue weighted by atomic mass is 15.0. The summed E-state index contributed by atoms with van der Waals surface area (Å²) in [4.78, 5) is 16.1. The minimum atomic E-state index is 0.797. The predicted octanol–water partition coefficient (Wildman–Crippen LogP) is 3.81. The van der Waals surface area contributed by atoms with E-state index < -0.39 is 0 Å². The number of anilines is 2. The molecule has 2 aromatic carbocycles. The molecular formula is C17H15N5. The van der Waals surface area contributed by atoms with Crippen LogP contribution < -0.4 is 5.32 Å². The number of benzene rings is 2. The van der Waals surface area contributed by atoms with Crippen molar-refractivity contribution in [1.29, 1.82) is 0 Å². The smallest absolute Gasteiger partial charge is 0.141 e. The second-order valence-electron chi connectivity index (χ2n) is 5.19. The lowest BCUT2D eigenvalue weighted by Crippen LogP contribution is -1.96. The monoisotopic (exact) mass is 289 g/mol. The molecule has 0 unspecified atom stereocenters. The molecule has 2 N–H and O–H groups in total. The van der Waals surface area contributed by atoms with Crippen molar-refractivity contribution < 1.29 is 0 Å². The Bertz CT molecular complexity index is 940. The van der Waals surface area contributed by atoms with Gasteiger partial charge in [0.25, 0.3) is 0 Å². The van der Waals surface area contributed by atoms with Crippen LogP contribution in [0.5, 0.6) is 0 Å². The molecule has 108 valence electrons. The maximum atomic E-state index is 4.38. The highest BCUT2D eigenvalue weighted by Gasteiger charge is 2.07. The third kappa shape index (κ3) is 2.16. The topological polar surface area (TPSA) is 66.5 Å². The molecule has 0 radical (unpaired) electrons. The second kappa shape index (κ2) is 5.11. The molecule has 4 aromatic rings. The van der Waals surface area contributed by atoms with Gasteiger partial charge in [-0.2, -0.15) is 0 Å². The molecule has 5 nitrogen and oxygen atoms in total. The standard InChI is InChI=1S/C17H15N5/c1-2-11-3-5-12(6-4-11)22-17-13-7-15-16(20-9-19-15)8-14(13)18-10-21-17/h3-10H,2H2,1H3,(H,19,20)(H,18,21,22). The summed E-state index contributed by atoms with van der Waals surface area (Å²) in [5, 5.41) is 4.34. The molecule has 0 aliphatic heterocycles. The molecule has 0 amide bonds. The van der Waals surface area contributed by atoms with Gasteiger partial charge in [0.1, 0.15) is 12.1 Å². The summed E-state index contributed by atoms with van der Waals surface area (Å²) in [6, 6.07) is 12.4. The molecule has 0 fully saturated rings. The number of rotatable bonds is 3. The molecule has 0 aliphatic carbocycles. The Morgan fingerprint density at radius 1 is 1.00 bits per heavy atom. The van der Waals surface area contributed by atoms with E-state index in [1.165, 1.54) is 5.56 Å². The molecule has 4 rings (SSSR count). The second-order valence-corrected chi connectivity index (χ2v) is 5.19. The molecule has 0 spiro atoms. The molecule has 0 saturated heterocycles. The molecule has 22 heavy (non-hydrogen) atoms. The number of H-pyrrole nitrogens is 1. The van der Waals surface area contributed by atoms with Crippen LogP contribution in [0.25, 0.3) is 21.9 Å². The SMILES string of the molecule is CCc1ccc(Nc2ncnc3cc4nc[nH]c4cc23)cc1. The fraction of sp³-hybridized carbons (Fsp3) is 0.118. The molecule has 2 heterocycles. The van der Waals surface area contributed by atoms with Gasteiger partial charge in [-0.15, -0.1) is 0 Å². The maximum Gasteiger partial charge on any atom is 0.141 e. The van der Waals surface area contributed by atoms with Gasteiger partial charge in [0.2, 0.25) is 0 Å². The Morgan fingerprint density at radius 3 is 2.68 bits per heavy atom. The lowest BCUT2D eigenvalue weighted by molar-refractivity contribution is 1.14. The number of hydrogen-bond donors (Lipinski definition) is 2. The molecule has 5 heteroatoms. The van der Waals surface area contributed by atoms with Crippen molar-refractivity contribution in [3.63, 3.8) is 0 Å². The Hall–Kier alpha value is -2.95. The van der Waals surface area contributed by atoms with Gasteiger partial charge in [0, 0.05) is 11.1 Å². The molecule has 2 aromatic heterocycles. The van der Waals surface area contributed by atoms with Gasteiger partial charge in [-0.25, -0.2) is 15.0 Å². The highest BCUT2D eigenvalue weighted by Crippen LogP contribution is 2.26. The van der Waals surface area contributed by atoms with E-state index in [2.05, 4.69) is 56.4 Å². The van der Waals surface area contributed by atoms with Crippen LogP contribution in [0.2, 0.25) is 0 Å². The van der Waals surface area contributed by atoms with Crippen LogP contribution in [0.4, 0.5) is 11.5 Å². The first-order chi connectivity index (χ1) is 10.8. The third-order valence-corrected chi connectivity index (χ3v) is 3.80. The summed E-state index contributed by atoms with van der Waals surface area (Å²) in [7, 11) is 0. The fourth-order valence-electron chi connectivity index (χ4n) is 2.55. The number of aromatic nitrogens is 4. The van der Waals surface area contributed by atoms with E-state index in [9.17, 15) is 0 Å². The number of hydrogen-bond acceptors (Lipinski definition) is 4. The van der Waals surface area contributed by atoms with Gasteiger partial charge < -0.3 is 10.3 Å². The molecule has 0 atom stereocenters. The van der Waals surface area contributed by atoms with E-state index in [-0.39, 0.29) is 0 Å². The molecule has 0 aliphatic rings. The third-order valence-electron chi connectivity index (χ3n) is 3.80. The largest absolute Gasteiger partial charge is 0.345 e. The summed E-state index contributed by atoms with van der Waals surface area (Å²) in [6.45, 7) is 2.15. The van der Waals surface area contributed by atoms with Crippen molar-refractivity contribution in [1.82, 2.24) is 19.9 Å². The van der Waals surface area contributed by atoms with Crippen molar-refractivity contribution in [3.8, 4) is 0 Å². The van der Waals surface area contributed by atoms with E-state index >= 15 is 0 Å². The Kier molecular flexibility index (Phi) is 2.96. The number of aromatic amines is 1. The van der Waals surface area contributed by atoms with Crippen LogP contribution >= 0.6 is 0 Å². The number of aryl methyl sites for hydroxylation is 1. The van der Waals surface area contributed by atoms with Crippen LogP contribution in [-0.2, 0) is 6.42 Å². The highest BCUT2D eigenvalue weighted by molar-refractivity contribution is 5.99. The number of nitrogens with zero attached hydrogens (tertiary/aromatic N) is 3. The maximum absolute atomic E-state index is 4.38. The van der Waals surface area contributed by atoms with Crippen LogP contribution in [0.1, 0.15) is 12.5 Å². The Labute approximate surface area is 127 Å². The average Bonchev–Trinajstić information content (AvgIpc) is 3.01. The van der Waals surface area contributed by atoms with Gasteiger partial charge >= 0.3 is 0 Å². The normalized spacial score (nSPS) is 11.1. The first-order valence-electron chi connectivity index (χ1n) is 7.27. The van der Waals surface area contributed by atoms with Crippen LogP contribution in [0, 0.1) is 0 Å². The summed E-state index contributed by atoms with van der Waals surface area (Å²) in [5.74, 6) is 0.797. The van der Waals surface area contributed by atoms with Crippen LogP contribution in [0.3, 0.4) is 0 Å². The van der Waals surface area contributed by atoms with Gasteiger partial charge in [-0.05, 0) is 36.2 Å². The van der Waals surface area contributed by atoms with E-state index in [0.29, 0.717) is 0 Å². The van der Waals surface area contributed by atoms with Crippen molar-refractivity contribution in [2.45, 2.75) is 13.3 Å². The Balaban J connectivity index is 1.79. The van der Waals surface area contributed by atoms with Crippen molar-refractivity contribution >= 4 is 33.4 Å². The first-order valence-corrected chi connectivity index (χ1v) is 7.27. The van der Waals surface area contributed by atoms with E-state index in [0.717, 1.165) is 39.9 Å². The quantitative estimate of drug-likeness (QED) is 0.602. The summed E-state index contributed by atoms with van der Waals surface area (Å²) in [5.41, 5.74) is 5.09. The number of fused-ring (bicyclic) bond motifs is 2. The molecular weight excluding hydrogens is 274 g/mol. The summed E-state index contributed by atoms with van der Waals surface area (Å²) in [6.07, 6.45) is 4.30. The lowest BCUT2D eigenvalue weighted by atomic mass is 10.1. The molecule has 0 bridgehead atoms. The van der Waals surface area contributed by atoms with Gasteiger partial charge in [0.15, 0.2) is 0 Å².